The molecule has 1 atom stereocenters. The van der Waals surface area contributed by atoms with Gasteiger partial charge in [0.15, 0.2) is 0 Å². The number of hydrogen-bond donors (Lipinski definition) is 3. The Balaban J connectivity index is 0. The van der Waals surface area contributed by atoms with E-state index in [1.165, 1.54) is 6.92 Å². The summed E-state index contributed by atoms with van der Waals surface area (Å²) < 4.78 is 0. The number of rotatable bonds is 2. The van der Waals surface area contributed by atoms with E-state index >= 15 is 0 Å². The van der Waals surface area contributed by atoms with E-state index in [0.29, 0.717) is 0 Å². The molecule has 0 aliphatic carbocycles. The zero-order chi connectivity index (χ0) is 9.44. The highest BCUT2D eigenvalue weighted by Gasteiger charge is 1.99. The second kappa shape index (κ2) is 6.69. The van der Waals surface area contributed by atoms with Gasteiger partial charge in [0.05, 0.1) is 0 Å². The number of nitrogens with two attached hydrogens (primary N) is 1. The second-order valence-corrected chi connectivity index (χ2v) is 1.58. The molecule has 6 nitrogen and oxygen atoms in total. The van der Waals surface area contributed by atoms with Gasteiger partial charge < -0.3 is 15.9 Å². The molecule has 0 bridgehead atoms. The van der Waals surface area contributed by atoms with E-state index in [2.05, 4.69) is 0 Å². The summed E-state index contributed by atoms with van der Waals surface area (Å²) in [4.78, 5) is 27.5. The molecule has 0 amide bonds. The quantitative estimate of drug-likeness (QED) is 0.343. The lowest BCUT2D eigenvalue weighted by atomic mass is 10.4. The van der Waals surface area contributed by atoms with Gasteiger partial charge in [0.2, 0.25) is 6.29 Å². The van der Waals surface area contributed by atoms with Crippen LogP contribution in [0.25, 0.3) is 0 Å². The normalized spacial score (nSPS) is 10.4. The van der Waals surface area contributed by atoms with E-state index in [1.807, 2.05) is 0 Å². The summed E-state index contributed by atoms with van der Waals surface area (Å²) >= 11 is 0. The van der Waals surface area contributed by atoms with Gasteiger partial charge in [0.25, 0.3) is 0 Å². The maximum Gasteiger partial charge on any atom is 0.368 e. The molecule has 0 heterocycles. The number of aliphatic carboxylic acids is 2. The first-order chi connectivity index (χ1) is 4.91. The summed E-state index contributed by atoms with van der Waals surface area (Å²) in [6.07, 6.45) is -0.167. The lowest BCUT2D eigenvalue weighted by Gasteiger charge is -1.90. The van der Waals surface area contributed by atoms with Gasteiger partial charge in [-0.15, -0.1) is 0 Å². The van der Waals surface area contributed by atoms with Crippen LogP contribution in [-0.4, -0.2) is 34.5 Å². The molecule has 0 aromatic rings. The first-order valence-electron chi connectivity index (χ1n) is 2.58. The molecule has 4 N–H and O–H groups in total. The summed E-state index contributed by atoms with van der Waals surface area (Å²) in [5.41, 5.74) is 4.84. The fourth-order valence-electron chi connectivity index (χ4n) is 0. The molecule has 0 unspecified atom stereocenters. The minimum absolute atomic E-state index is 0.167. The van der Waals surface area contributed by atoms with Crippen molar-refractivity contribution in [2.45, 2.75) is 13.0 Å². The predicted molar refractivity (Wildman–Crippen MR) is 35.0 cm³/mol. The van der Waals surface area contributed by atoms with Gasteiger partial charge in [-0.25, -0.2) is 4.79 Å². The third kappa shape index (κ3) is 17.7. The summed E-state index contributed by atoms with van der Waals surface area (Å²) in [6.45, 7) is 1.42. The fourth-order valence-corrected chi connectivity index (χ4v) is 0. The van der Waals surface area contributed by atoms with Gasteiger partial charge >= 0.3 is 11.9 Å². The van der Waals surface area contributed by atoms with Gasteiger partial charge in [-0.05, 0) is 6.92 Å². The smallest absolute Gasteiger partial charge is 0.368 e. The molecular weight excluding hydrogens is 154 g/mol. The Morgan fingerprint density at radius 2 is 1.64 bits per heavy atom. The molecular formula is C5H9NO5. The second-order valence-electron chi connectivity index (χ2n) is 1.58. The zero-order valence-corrected chi connectivity index (χ0v) is 5.85. The van der Waals surface area contributed by atoms with Crippen molar-refractivity contribution < 1.29 is 24.6 Å². The number of hydrogen-bond acceptors (Lipinski definition) is 4. The highest BCUT2D eigenvalue weighted by Crippen LogP contribution is 1.68. The van der Waals surface area contributed by atoms with E-state index in [1.54, 1.807) is 0 Å². The number of carboxylic acids is 2. The Hall–Kier alpha value is -1.43. The van der Waals surface area contributed by atoms with Gasteiger partial charge in [-0.3, -0.25) is 9.59 Å². The van der Waals surface area contributed by atoms with Crippen molar-refractivity contribution in [3.63, 3.8) is 0 Å². The lowest BCUT2D eigenvalue weighted by molar-refractivity contribution is -0.143. The van der Waals surface area contributed by atoms with Crippen LogP contribution >= 0.6 is 0 Å². The maximum atomic E-state index is 9.57. The SMILES string of the molecule is C[C@H](N)C(=O)O.O=CC(=O)O. The lowest BCUT2D eigenvalue weighted by Crippen LogP contribution is -2.25. The molecule has 0 radical (unpaired) electrons. The number of carboxylic acid groups (broad SMARTS) is 2. The van der Waals surface area contributed by atoms with Crippen molar-refractivity contribution in [2.75, 3.05) is 0 Å². The highest BCUT2D eigenvalue weighted by molar-refractivity contribution is 6.19. The predicted octanol–water partition coefficient (Wildman–Crippen LogP) is -1.31. The van der Waals surface area contributed by atoms with Crippen molar-refractivity contribution >= 4 is 18.2 Å². The number of carbonyl (C=O) groups is 3. The Labute approximate surface area is 62.6 Å². The largest absolute Gasteiger partial charge is 0.480 e. The average Bonchev–Trinajstić information content (AvgIpc) is 1.89. The van der Waals surface area contributed by atoms with E-state index < -0.39 is 18.0 Å². The van der Waals surface area contributed by atoms with Crippen LogP contribution in [-0.2, 0) is 14.4 Å². The van der Waals surface area contributed by atoms with Crippen LogP contribution in [0.2, 0.25) is 0 Å². The number of carbonyl (C=O) groups excluding carboxylic acids is 1. The number of aldehydes is 1. The van der Waals surface area contributed by atoms with Crippen molar-refractivity contribution in [1.29, 1.82) is 0 Å². The van der Waals surface area contributed by atoms with Gasteiger partial charge in [0, 0.05) is 0 Å². The van der Waals surface area contributed by atoms with Crippen LogP contribution in [0.3, 0.4) is 0 Å². The Kier molecular flexibility index (Phi) is 7.46. The van der Waals surface area contributed by atoms with Crippen LogP contribution in [0.1, 0.15) is 6.92 Å². The van der Waals surface area contributed by atoms with Crippen molar-refractivity contribution in [3.8, 4) is 0 Å². The Bertz CT molecular complexity index is 153. The first-order valence-corrected chi connectivity index (χ1v) is 2.58. The Morgan fingerprint density at radius 3 is 1.64 bits per heavy atom. The van der Waals surface area contributed by atoms with Crippen LogP contribution in [0, 0.1) is 0 Å². The van der Waals surface area contributed by atoms with Crippen LogP contribution < -0.4 is 5.73 Å². The van der Waals surface area contributed by atoms with Gasteiger partial charge in [0.1, 0.15) is 6.04 Å². The van der Waals surface area contributed by atoms with Gasteiger partial charge in [-0.1, -0.05) is 0 Å². The average molecular weight is 163 g/mol. The fraction of sp³-hybridized carbons (Fsp3) is 0.400. The summed E-state index contributed by atoms with van der Waals surface area (Å²) in [5, 5.41) is 15.2. The first kappa shape index (κ1) is 12.3. The molecule has 0 saturated heterocycles. The monoisotopic (exact) mass is 163 g/mol. The maximum absolute atomic E-state index is 9.57. The van der Waals surface area contributed by atoms with Crippen LogP contribution in [0.15, 0.2) is 0 Å². The van der Waals surface area contributed by atoms with Crippen LogP contribution in [0.4, 0.5) is 0 Å². The molecule has 0 fully saturated rings. The van der Waals surface area contributed by atoms with E-state index in [4.69, 9.17) is 25.5 Å². The molecule has 0 aromatic carbocycles. The molecule has 0 aliphatic rings. The molecule has 0 rings (SSSR count). The minimum atomic E-state index is -1.43. The third-order valence-corrected chi connectivity index (χ3v) is 0.490. The zero-order valence-electron chi connectivity index (χ0n) is 5.85. The molecule has 11 heavy (non-hydrogen) atoms. The molecule has 64 valence electrons. The van der Waals surface area contributed by atoms with E-state index in [0.717, 1.165) is 0 Å². The summed E-state index contributed by atoms with van der Waals surface area (Å²) in [5.74, 6) is -2.39. The standard InChI is InChI=1S/C3H7NO2.C2H2O3/c1-2(4)3(5)6;3-1-2(4)5/h2H,4H2,1H3,(H,5,6);1H,(H,4,5)/t2-;/m0./s1. The molecule has 0 spiro atoms. The van der Waals surface area contributed by atoms with Crippen molar-refractivity contribution in [3.05, 3.63) is 0 Å². The topological polar surface area (TPSA) is 118 Å². The van der Waals surface area contributed by atoms with Crippen LogP contribution in [0.5, 0.6) is 0 Å². The minimum Gasteiger partial charge on any atom is -0.480 e. The molecule has 0 saturated carbocycles. The molecule has 0 aliphatic heterocycles. The highest BCUT2D eigenvalue weighted by atomic mass is 16.4. The third-order valence-electron chi connectivity index (χ3n) is 0.490. The van der Waals surface area contributed by atoms with Gasteiger partial charge in [-0.2, -0.15) is 0 Å². The molecule has 0 aromatic heterocycles. The molecule has 6 heteroatoms. The van der Waals surface area contributed by atoms with Crippen molar-refractivity contribution in [1.82, 2.24) is 0 Å². The summed E-state index contributed by atoms with van der Waals surface area (Å²) in [6, 6.07) is -0.731. The van der Waals surface area contributed by atoms with Crippen molar-refractivity contribution in [2.24, 2.45) is 5.73 Å². The van der Waals surface area contributed by atoms with E-state index in [9.17, 15) is 4.79 Å². The summed E-state index contributed by atoms with van der Waals surface area (Å²) in [7, 11) is 0. The Morgan fingerprint density at radius 1 is 1.45 bits per heavy atom. The van der Waals surface area contributed by atoms with E-state index in [-0.39, 0.29) is 6.29 Å².